The van der Waals surface area contributed by atoms with Crippen molar-refractivity contribution in [1.29, 1.82) is 0 Å². The minimum atomic E-state index is 1.09. The molecule has 0 N–H and O–H groups in total. The summed E-state index contributed by atoms with van der Waals surface area (Å²) in [5.41, 5.74) is 20.0. The van der Waals surface area contributed by atoms with Crippen LogP contribution in [-0.4, -0.2) is 9.13 Å². The van der Waals surface area contributed by atoms with Gasteiger partial charge in [0.05, 0.1) is 22.1 Å². The summed E-state index contributed by atoms with van der Waals surface area (Å²) in [6.07, 6.45) is 1.87. The maximum Gasteiger partial charge on any atom is 0.0641 e. The van der Waals surface area contributed by atoms with Crippen molar-refractivity contribution in [3.05, 3.63) is 303 Å². The Morgan fingerprint density at radius 1 is 0.329 bits per heavy atom. The number of hydrogen-bond acceptors (Lipinski definition) is 1. The molecule has 2 aromatic heterocycles. The van der Waals surface area contributed by atoms with Gasteiger partial charge in [-0.25, -0.2) is 0 Å². The number of aryl methyl sites for hydroxylation is 1. The summed E-state index contributed by atoms with van der Waals surface area (Å²) >= 11 is 0. The van der Waals surface area contributed by atoms with Crippen molar-refractivity contribution < 1.29 is 0 Å². The van der Waals surface area contributed by atoms with Gasteiger partial charge in [-0.1, -0.05) is 219 Å². The predicted octanol–water partition coefficient (Wildman–Crippen LogP) is 20.1. The lowest BCUT2D eigenvalue weighted by Crippen LogP contribution is -2.09. The molecule has 76 heavy (non-hydrogen) atoms. The maximum atomic E-state index is 3.69. The van der Waals surface area contributed by atoms with Crippen LogP contribution in [0.25, 0.3) is 105 Å². The van der Waals surface area contributed by atoms with Crippen LogP contribution in [-0.2, 0) is 0 Å². The third-order valence-corrected chi connectivity index (χ3v) is 14.9. The summed E-state index contributed by atoms with van der Waals surface area (Å²) in [6.45, 7) is 5.77. The molecule has 0 spiro atoms. The molecule has 0 radical (unpaired) electrons. The van der Waals surface area contributed by atoms with Gasteiger partial charge in [0.25, 0.3) is 0 Å². The fourth-order valence-corrected chi connectivity index (χ4v) is 11.1. The van der Waals surface area contributed by atoms with Gasteiger partial charge < -0.3 is 14.0 Å². The van der Waals surface area contributed by atoms with Crippen molar-refractivity contribution in [2.24, 2.45) is 0 Å². The number of anilines is 3. The average Bonchev–Trinajstić information content (AvgIpc) is 4.12. The SMILES string of the molecule is C=Cc1ccccc1C.c1ccc(-c2ccc(N(c3ccc(-c4ccccc4)cc3)c3ccc(-c4ccc(-n5c6ccccc6c6ccc7c(c8ccccc8n7-c7ccc8ccccc8c7)c65)cc4)cc3)cc2)cc1. The van der Waals surface area contributed by atoms with Crippen LogP contribution in [0.3, 0.4) is 0 Å². The molecule has 12 aromatic carbocycles. The molecule has 14 aromatic rings. The Labute approximate surface area is 443 Å². The molecule has 360 valence electrons. The summed E-state index contributed by atoms with van der Waals surface area (Å²) < 4.78 is 4.91. The quantitative estimate of drug-likeness (QED) is 0.140. The van der Waals surface area contributed by atoms with Crippen LogP contribution in [0.1, 0.15) is 11.1 Å². The van der Waals surface area contributed by atoms with E-state index in [-0.39, 0.29) is 0 Å². The summed E-state index contributed by atoms with van der Waals surface area (Å²) in [4.78, 5) is 2.34. The Hall–Kier alpha value is -9.96. The standard InChI is InChI=1S/C64H43N3.C9H10/c1-3-13-44(14-4-1)47-23-32-52(33-24-47)65(53-34-25-48(26-35-53)45-15-5-2-6-16-45)54-36-27-49(28-37-54)50-29-38-55(39-30-50)67-60-21-11-9-19-57(60)58-41-42-62-63(64(58)67)59-20-10-12-22-61(59)66(62)56-40-31-46-17-7-8-18-51(46)43-56;1-3-9-7-5-4-6-8(9)2/h1-43H;3-7H,1H2,2H3. The Balaban J connectivity index is 0.000000560. The van der Waals surface area contributed by atoms with Crippen molar-refractivity contribution in [1.82, 2.24) is 9.13 Å². The molecule has 0 saturated heterocycles. The van der Waals surface area contributed by atoms with Gasteiger partial charge in [-0.05, 0) is 141 Å². The van der Waals surface area contributed by atoms with E-state index in [1.54, 1.807) is 0 Å². The smallest absolute Gasteiger partial charge is 0.0641 e. The van der Waals surface area contributed by atoms with Gasteiger partial charge in [0, 0.05) is 50.0 Å². The first-order chi connectivity index (χ1) is 37.6. The van der Waals surface area contributed by atoms with Crippen LogP contribution in [0, 0.1) is 6.92 Å². The Bertz CT molecular complexity index is 4290. The van der Waals surface area contributed by atoms with E-state index in [0.29, 0.717) is 0 Å². The van der Waals surface area contributed by atoms with Gasteiger partial charge >= 0.3 is 0 Å². The van der Waals surface area contributed by atoms with Crippen LogP contribution >= 0.6 is 0 Å². The number of fused-ring (bicyclic) bond motifs is 8. The normalized spacial score (nSPS) is 11.3. The zero-order valence-electron chi connectivity index (χ0n) is 42.3. The third-order valence-electron chi connectivity index (χ3n) is 14.9. The summed E-state index contributed by atoms with van der Waals surface area (Å²) in [5.74, 6) is 0. The molecular weight excluding hydrogens is 919 g/mol. The minimum absolute atomic E-state index is 1.09. The molecule has 0 unspecified atom stereocenters. The fourth-order valence-electron chi connectivity index (χ4n) is 11.1. The zero-order chi connectivity index (χ0) is 51.0. The van der Waals surface area contributed by atoms with E-state index >= 15 is 0 Å². The predicted molar refractivity (Wildman–Crippen MR) is 325 cm³/mol. The summed E-state index contributed by atoms with van der Waals surface area (Å²) in [7, 11) is 0. The van der Waals surface area contributed by atoms with Crippen molar-refractivity contribution in [2.45, 2.75) is 6.92 Å². The van der Waals surface area contributed by atoms with Crippen LogP contribution < -0.4 is 4.90 Å². The zero-order valence-corrected chi connectivity index (χ0v) is 42.3. The largest absolute Gasteiger partial charge is 0.311 e. The van der Waals surface area contributed by atoms with Crippen LogP contribution in [0.2, 0.25) is 0 Å². The number of rotatable bonds is 9. The van der Waals surface area contributed by atoms with Crippen molar-refractivity contribution >= 4 is 77.5 Å². The minimum Gasteiger partial charge on any atom is -0.311 e. The highest BCUT2D eigenvalue weighted by atomic mass is 15.1. The fraction of sp³-hybridized carbons (Fsp3) is 0.0137. The number of hydrogen-bond donors (Lipinski definition) is 0. The Morgan fingerprint density at radius 2 is 0.776 bits per heavy atom. The second kappa shape index (κ2) is 19.8. The molecule has 14 rings (SSSR count). The Morgan fingerprint density at radius 3 is 1.33 bits per heavy atom. The first-order valence-corrected chi connectivity index (χ1v) is 26.0. The molecule has 2 heterocycles. The van der Waals surface area contributed by atoms with E-state index in [2.05, 4.69) is 301 Å². The number of para-hydroxylation sites is 2. The van der Waals surface area contributed by atoms with Crippen molar-refractivity contribution in [2.75, 3.05) is 4.90 Å². The van der Waals surface area contributed by atoms with Crippen molar-refractivity contribution in [3.63, 3.8) is 0 Å². The third kappa shape index (κ3) is 8.40. The molecule has 0 aliphatic rings. The Kier molecular flexibility index (Phi) is 12.0. The van der Waals surface area contributed by atoms with E-state index in [4.69, 9.17) is 0 Å². The highest BCUT2D eigenvalue weighted by Gasteiger charge is 2.21. The second-order valence-corrected chi connectivity index (χ2v) is 19.4. The molecule has 0 fully saturated rings. The van der Waals surface area contributed by atoms with Crippen LogP contribution in [0.5, 0.6) is 0 Å². The van der Waals surface area contributed by atoms with E-state index in [9.17, 15) is 0 Å². The lowest BCUT2D eigenvalue weighted by atomic mass is 10.0. The van der Waals surface area contributed by atoms with Crippen LogP contribution in [0.4, 0.5) is 17.1 Å². The molecule has 0 bridgehead atoms. The average molecular weight is 972 g/mol. The molecular formula is C73H53N3. The maximum absolute atomic E-state index is 3.69. The summed E-state index contributed by atoms with van der Waals surface area (Å²) in [5, 5.41) is 7.46. The highest BCUT2D eigenvalue weighted by Crippen LogP contribution is 2.43. The van der Waals surface area contributed by atoms with Gasteiger partial charge in [-0.3, -0.25) is 0 Å². The number of nitrogens with zero attached hydrogens (tertiary/aromatic N) is 3. The summed E-state index contributed by atoms with van der Waals surface area (Å²) in [6, 6.07) is 103. The first kappa shape index (κ1) is 45.9. The molecule has 3 heteroatoms. The molecule has 3 nitrogen and oxygen atoms in total. The van der Waals surface area contributed by atoms with E-state index in [1.807, 2.05) is 18.2 Å². The molecule has 0 amide bonds. The van der Waals surface area contributed by atoms with Gasteiger partial charge in [0.2, 0.25) is 0 Å². The van der Waals surface area contributed by atoms with Gasteiger partial charge in [0.15, 0.2) is 0 Å². The van der Waals surface area contributed by atoms with Gasteiger partial charge in [-0.15, -0.1) is 0 Å². The molecule has 0 aliphatic carbocycles. The number of aromatic nitrogens is 2. The molecule has 0 aliphatic heterocycles. The molecule has 0 saturated carbocycles. The molecule has 0 atom stereocenters. The highest BCUT2D eigenvalue weighted by molar-refractivity contribution is 6.26. The number of benzene rings is 12. The van der Waals surface area contributed by atoms with E-state index in [0.717, 1.165) is 34.0 Å². The van der Waals surface area contributed by atoms with E-state index < -0.39 is 0 Å². The topological polar surface area (TPSA) is 13.1 Å². The second-order valence-electron chi connectivity index (χ2n) is 19.4. The lowest BCUT2D eigenvalue weighted by Gasteiger charge is -2.26. The van der Waals surface area contributed by atoms with Gasteiger partial charge in [0.1, 0.15) is 0 Å². The van der Waals surface area contributed by atoms with E-state index in [1.165, 1.54) is 93.3 Å². The van der Waals surface area contributed by atoms with Crippen LogP contribution in [0.15, 0.2) is 292 Å². The first-order valence-electron chi connectivity index (χ1n) is 26.0. The van der Waals surface area contributed by atoms with Crippen molar-refractivity contribution in [3.8, 4) is 44.8 Å². The van der Waals surface area contributed by atoms with Gasteiger partial charge in [-0.2, -0.15) is 0 Å². The lowest BCUT2D eigenvalue weighted by molar-refractivity contribution is 1.18. The monoisotopic (exact) mass is 971 g/mol.